The zero-order valence-electron chi connectivity index (χ0n) is 28.2. The van der Waals surface area contributed by atoms with Crippen LogP contribution >= 0.6 is 0 Å². The molecule has 0 radical (unpaired) electrons. The highest BCUT2D eigenvalue weighted by atomic mass is 16.5. The van der Waals surface area contributed by atoms with Crippen molar-refractivity contribution in [3.8, 4) is 28.7 Å². The molecule has 1 aliphatic heterocycles. The molecule has 4 amide bonds. The van der Waals surface area contributed by atoms with E-state index in [2.05, 4.69) is 5.32 Å². The number of urea groups is 1. The summed E-state index contributed by atoms with van der Waals surface area (Å²) in [7, 11) is 1.50. The minimum absolute atomic E-state index is 0.212. The first-order valence-electron chi connectivity index (χ1n) is 16.3. The second-order valence-corrected chi connectivity index (χ2v) is 11.4. The Hall–Kier alpha value is -6.55. The average Bonchev–Trinajstić information content (AvgIpc) is 3.16. The molecule has 0 atom stereocenters. The lowest BCUT2D eigenvalue weighted by molar-refractivity contribution is -0.122. The first-order chi connectivity index (χ1) is 24.9. The van der Waals surface area contributed by atoms with Gasteiger partial charge in [0, 0.05) is 0 Å². The van der Waals surface area contributed by atoms with Gasteiger partial charge < -0.3 is 23.7 Å². The molecule has 1 heterocycles. The number of barbiturate groups is 1. The van der Waals surface area contributed by atoms with Crippen LogP contribution in [0.15, 0.2) is 127 Å². The van der Waals surface area contributed by atoms with Crippen LogP contribution in [0.4, 0.5) is 10.5 Å². The smallest absolute Gasteiger partial charge is 0.335 e. The molecule has 10 heteroatoms. The van der Waals surface area contributed by atoms with Gasteiger partial charge in [-0.1, -0.05) is 72.8 Å². The Morgan fingerprint density at radius 3 is 1.86 bits per heavy atom. The average molecular weight is 685 g/mol. The Labute approximate surface area is 295 Å². The molecule has 0 bridgehead atoms. The Morgan fingerprint density at radius 1 is 0.608 bits per heavy atom. The van der Waals surface area contributed by atoms with Crippen molar-refractivity contribution in [2.24, 2.45) is 0 Å². The molecular weight excluding hydrogens is 648 g/mol. The topological polar surface area (TPSA) is 113 Å². The molecule has 258 valence electrons. The number of hydrogen-bond acceptors (Lipinski definition) is 8. The number of nitrogens with zero attached hydrogens (tertiary/aromatic N) is 1. The lowest BCUT2D eigenvalue weighted by atomic mass is 10.1. The molecule has 6 rings (SSSR count). The Morgan fingerprint density at radius 2 is 1.22 bits per heavy atom. The number of rotatable bonds is 14. The molecule has 51 heavy (non-hydrogen) atoms. The van der Waals surface area contributed by atoms with Crippen molar-refractivity contribution in [1.82, 2.24) is 5.32 Å². The summed E-state index contributed by atoms with van der Waals surface area (Å²) in [6, 6.07) is 35.9. The summed E-state index contributed by atoms with van der Waals surface area (Å²) in [6.07, 6.45) is 1.41. The van der Waals surface area contributed by atoms with E-state index < -0.39 is 17.8 Å². The van der Waals surface area contributed by atoms with Gasteiger partial charge in [0.1, 0.15) is 31.1 Å². The van der Waals surface area contributed by atoms with Gasteiger partial charge in [0.2, 0.25) is 0 Å². The summed E-state index contributed by atoms with van der Waals surface area (Å²) >= 11 is 0. The molecule has 5 aromatic rings. The van der Waals surface area contributed by atoms with Gasteiger partial charge in [0.15, 0.2) is 23.0 Å². The quantitative estimate of drug-likeness (QED) is 0.0946. The largest absolute Gasteiger partial charge is 0.493 e. The van der Waals surface area contributed by atoms with Crippen LogP contribution in [-0.4, -0.2) is 31.6 Å². The number of benzene rings is 5. The van der Waals surface area contributed by atoms with Crippen LogP contribution in [0.25, 0.3) is 6.08 Å². The van der Waals surface area contributed by atoms with E-state index in [1.807, 2.05) is 85.8 Å². The fraction of sp³-hybridized carbons (Fsp3) is 0.146. The highest BCUT2D eigenvalue weighted by Gasteiger charge is 2.36. The van der Waals surface area contributed by atoms with Crippen LogP contribution in [0.5, 0.6) is 28.7 Å². The molecule has 0 aromatic heterocycles. The second kappa shape index (κ2) is 16.2. The van der Waals surface area contributed by atoms with Crippen molar-refractivity contribution in [3.63, 3.8) is 0 Å². The van der Waals surface area contributed by atoms with Gasteiger partial charge >= 0.3 is 6.03 Å². The highest BCUT2D eigenvalue weighted by molar-refractivity contribution is 6.39. The number of methoxy groups -OCH3 is 1. The van der Waals surface area contributed by atoms with Gasteiger partial charge in [0.05, 0.1) is 19.4 Å². The Bertz CT molecular complexity index is 2030. The fourth-order valence-corrected chi connectivity index (χ4v) is 5.31. The van der Waals surface area contributed by atoms with E-state index in [-0.39, 0.29) is 17.9 Å². The van der Waals surface area contributed by atoms with Crippen LogP contribution in [-0.2, 0) is 29.4 Å². The number of hydrogen-bond donors (Lipinski definition) is 1. The van der Waals surface area contributed by atoms with E-state index in [1.54, 1.807) is 42.5 Å². The van der Waals surface area contributed by atoms with Crippen molar-refractivity contribution in [2.45, 2.75) is 26.7 Å². The van der Waals surface area contributed by atoms with Crippen LogP contribution in [0.2, 0.25) is 0 Å². The van der Waals surface area contributed by atoms with Crippen molar-refractivity contribution < 1.29 is 38.1 Å². The van der Waals surface area contributed by atoms with Crippen LogP contribution < -0.4 is 33.9 Å². The molecule has 0 saturated carbocycles. The van der Waals surface area contributed by atoms with Gasteiger partial charge in [-0.15, -0.1) is 0 Å². The number of nitrogens with one attached hydrogen (secondary N) is 1. The van der Waals surface area contributed by atoms with Crippen LogP contribution in [0.3, 0.4) is 0 Å². The molecule has 0 unspecified atom stereocenters. The molecule has 1 N–H and O–H groups in total. The molecule has 1 saturated heterocycles. The fourth-order valence-electron chi connectivity index (χ4n) is 5.31. The molecule has 0 aliphatic carbocycles. The highest BCUT2D eigenvalue weighted by Crippen LogP contribution is 2.33. The van der Waals surface area contributed by atoms with E-state index in [0.717, 1.165) is 21.6 Å². The summed E-state index contributed by atoms with van der Waals surface area (Å²) < 4.78 is 29.3. The SMILES string of the molecule is CCOc1cc(COc2ccc(/C=C3/C(=O)NC(=O)N(c4ccc(OCc5ccccc5)cc4)C3=O)cc2OC)ccc1OCc1ccccc1. The zero-order valence-corrected chi connectivity index (χ0v) is 28.2. The molecule has 5 aromatic carbocycles. The lowest BCUT2D eigenvalue weighted by Crippen LogP contribution is -2.54. The minimum atomic E-state index is -0.843. The third kappa shape index (κ3) is 8.55. The van der Waals surface area contributed by atoms with E-state index in [0.29, 0.717) is 54.1 Å². The number of carbonyl (C=O) groups excluding carboxylic acids is 3. The maximum Gasteiger partial charge on any atom is 0.335 e. The maximum absolute atomic E-state index is 13.5. The van der Waals surface area contributed by atoms with Crippen LogP contribution in [0, 0.1) is 0 Å². The summed E-state index contributed by atoms with van der Waals surface area (Å²) in [4.78, 5) is 40.0. The Kier molecular flexibility index (Phi) is 10.9. The van der Waals surface area contributed by atoms with E-state index in [1.165, 1.54) is 13.2 Å². The molecule has 1 aliphatic rings. The number of amides is 4. The summed E-state index contributed by atoms with van der Waals surface area (Å²) in [5, 5.41) is 2.25. The molecule has 1 fully saturated rings. The predicted octanol–water partition coefficient (Wildman–Crippen LogP) is 7.50. The van der Waals surface area contributed by atoms with Crippen molar-refractivity contribution in [3.05, 3.63) is 149 Å². The number of carbonyl (C=O) groups is 3. The van der Waals surface area contributed by atoms with Gasteiger partial charge in [-0.05, 0) is 83.8 Å². The normalized spacial score (nSPS) is 13.5. The van der Waals surface area contributed by atoms with E-state index >= 15 is 0 Å². The van der Waals surface area contributed by atoms with Crippen molar-refractivity contribution in [2.75, 3.05) is 18.6 Å². The minimum Gasteiger partial charge on any atom is -0.493 e. The summed E-state index contributed by atoms with van der Waals surface area (Å²) in [5.41, 5.74) is 3.47. The Balaban J connectivity index is 1.13. The number of ether oxygens (including phenoxy) is 5. The maximum atomic E-state index is 13.5. The van der Waals surface area contributed by atoms with Gasteiger partial charge in [-0.2, -0.15) is 0 Å². The lowest BCUT2D eigenvalue weighted by Gasteiger charge is -2.26. The first kappa shape index (κ1) is 34.3. The molecular formula is C41H36N2O8. The molecule has 0 spiro atoms. The number of imide groups is 2. The second-order valence-electron chi connectivity index (χ2n) is 11.4. The van der Waals surface area contributed by atoms with E-state index in [9.17, 15) is 14.4 Å². The third-order valence-electron chi connectivity index (χ3n) is 7.88. The van der Waals surface area contributed by atoms with Crippen LogP contribution in [0.1, 0.15) is 29.2 Å². The molecule has 10 nitrogen and oxygen atoms in total. The van der Waals surface area contributed by atoms with Gasteiger partial charge in [-0.25, -0.2) is 9.69 Å². The first-order valence-corrected chi connectivity index (χ1v) is 16.3. The standard InChI is InChI=1S/C41H36N2O8/c1-3-48-38-24-31(15-21-36(38)50-26-29-12-8-5-9-13-29)27-51-35-20-14-30(23-37(35)47-2)22-34-39(44)42-41(46)43(40(34)45)32-16-18-33(19-17-32)49-25-28-10-6-4-7-11-28/h4-24H,3,25-27H2,1-2H3,(H,42,44,46)/b34-22-. The van der Waals surface area contributed by atoms with Gasteiger partial charge in [-0.3, -0.25) is 14.9 Å². The monoisotopic (exact) mass is 684 g/mol. The van der Waals surface area contributed by atoms with Crippen molar-refractivity contribution >= 4 is 29.6 Å². The van der Waals surface area contributed by atoms with E-state index in [4.69, 9.17) is 23.7 Å². The third-order valence-corrected chi connectivity index (χ3v) is 7.88. The predicted molar refractivity (Wildman–Crippen MR) is 192 cm³/mol. The summed E-state index contributed by atoms with van der Waals surface area (Å²) in [6.45, 7) is 3.37. The summed E-state index contributed by atoms with van der Waals surface area (Å²) in [5.74, 6) is 1.08. The van der Waals surface area contributed by atoms with Crippen molar-refractivity contribution in [1.29, 1.82) is 0 Å². The zero-order chi connectivity index (χ0) is 35.6. The van der Waals surface area contributed by atoms with Gasteiger partial charge in [0.25, 0.3) is 11.8 Å². The number of anilines is 1.